The third kappa shape index (κ3) is 5.32. The molecule has 1 fully saturated rings. The first-order valence-electron chi connectivity index (χ1n) is 11.1. The third-order valence-electron chi connectivity index (χ3n) is 6.18. The minimum absolute atomic E-state index is 0.0161. The molecule has 34 heavy (non-hydrogen) atoms. The van der Waals surface area contributed by atoms with Gasteiger partial charge in [-0.3, -0.25) is 9.69 Å². The number of benzene rings is 1. The summed E-state index contributed by atoms with van der Waals surface area (Å²) in [7, 11) is 1.26. The van der Waals surface area contributed by atoms with E-state index in [0.29, 0.717) is 13.1 Å². The van der Waals surface area contributed by atoms with Crippen LogP contribution in [0.25, 0.3) is 6.08 Å². The van der Waals surface area contributed by atoms with Gasteiger partial charge < -0.3 is 25.4 Å². The van der Waals surface area contributed by atoms with Gasteiger partial charge in [-0.1, -0.05) is 51.6 Å². The van der Waals surface area contributed by atoms with Gasteiger partial charge in [-0.15, -0.1) is 0 Å². The molecular formula is C24H32N4O5S. The molecule has 2 aliphatic heterocycles. The number of nitrogens with zero attached hydrogens (tertiary/aromatic N) is 2. The van der Waals surface area contributed by atoms with Crippen LogP contribution in [0.15, 0.2) is 24.8 Å². The van der Waals surface area contributed by atoms with Crippen LogP contribution in [-0.2, 0) is 32.2 Å². The Morgan fingerprint density at radius 3 is 2.59 bits per heavy atom. The lowest BCUT2D eigenvalue weighted by Gasteiger charge is -2.35. The summed E-state index contributed by atoms with van der Waals surface area (Å²) in [4.78, 5) is 41.9. The number of nitrogens with one attached hydrogen (secondary N) is 1. The van der Waals surface area contributed by atoms with E-state index in [0.717, 1.165) is 16.7 Å². The highest BCUT2D eigenvalue weighted by molar-refractivity contribution is 7.80. The number of carbonyl (C=O) groups excluding carboxylic acids is 3. The summed E-state index contributed by atoms with van der Waals surface area (Å²) in [5.41, 5.74) is 8.17. The maximum atomic E-state index is 13.4. The van der Waals surface area contributed by atoms with Crippen molar-refractivity contribution in [3.05, 3.63) is 41.5 Å². The number of nitrogens with two attached hydrogens (primary N) is 1. The van der Waals surface area contributed by atoms with Crippen molar-refractivity contribution >= 4 is 41.4 Å². The summed E-state index contributed by atoms with van der Waals surface area (Å²) < 4.78 is 10.7. The van der Waals surface area contributed by atoms with Crippen LogP contribution in [0.4, 0.5) is 4.79 Å². The lowest BCUT2D eigenvalue weighted by Crippen LogP contribution is -2.57. The van der Waals surface area contributed by atoms with Crippen LogP contribution >= 0.6 is 12.2 Å². The largest absolute Gasteiger partial charge is 0.467 e. The van der Waals surface area contributed by atoms with Crippen LogP contribution in [-0.4, -0.2) is 64.7 Å². The highest BCUT2D eigenvalue weighted by Crippen LogP contribution is 2.30. The van der Waals surface area contributed by atoms with Crippen molar-refractivity contribution < 1.29 is 23.9 Å². The third-order valence-corrected chi connectivity index (χ3v) is 6.30. The number of esters is 1. The molecule has 3 N–H and O–H groups in total. The Labute approximate surface area is 205 Å². The summed E-state index contributed by atoms with van der Waals surface area (Å²) in [5.74, 6) is -0.933. The van der Waals surface area contributed by atoms with Crippen molar-refractivity contribution in [1.82, 2.24) is 15.1 Å². The van der Waals surface area contributed by atoms with Crippen LogP contribution < -0.4 is 11.1 Å². The number of hydrogen-bond donors (Lipinski definition) is 2. The molecule has 1 saturated heterocycles. The Balaban J connectivity index is 1.74. The van der Waals surface area contributed by atoms with E-state index < -0.39 is 35.7 Å². The van der Waals surface area contributed by atoms with Crippen LogP contribution in [0.2, 0.25) is 0 Å². The Hall–Kier alpha value is -3.14. The topological polar surface area (TPSA) is 114 Å². The minimum atomic E-state index is -0.878. The van der Waals surface area contributed by atoms with Gasteiger partial charge in [0.1, 0.15) is 18.2 Å². The van der Waals surface area contributed by atoms with E-state index in [1.54, 1.807) is 11.0 Å². The van der Waals surface area contributed by atoms with Crippen LogP contribution in [0, 0.1) is 5.41 Å². The molecule has 0 unspecified atom stereocenters. The molecule has 0 saturated carbocycles. The number of carbonyl (C=O) groups is 3. The summed E-state index contributed by atoms with van der Waals surface area (Å²) >= 11 is 4.95. The van der Waals surface area contributed by atoms with Gasteiger partial charge in [-0.2, -0.15) is 0 Å². The first-order chi connectivity index (χ1) is 16.0. The lowest BCUT2D eigenvalue weighted by molar-refractivity contribution is -0.152. The molecule has 0 radical (unpaired) electrons. The zero-order chi connectivity index (χ0) is 25.2. The maximum Gasteiger partial charge on any atom is 0.410 e. The number of likely N-dealkylation sites (tertiary alicyclic amines) is 1. The Bertz CT molecular complexity index is 1010. The smallest absolute Gasteiger partial charge is 0.410 e. The summed E-state index contributed by atoms with van der Waals surface area (Å²) in [5, 5.41) is 2.82. The molecule has 0 bridgehead atoms. The lowest BCUT2D eigenvalue weighted by atomic mass is 9.85. The summed E-state index contributed by atoms with van der Waals surface area (Å²) in [6, 6.07) is 4.21. The number of amides is 2. The molecule has 0 spiro atoms. The maximum absolute atomic E-state index is 13.4. The predicted molar refractivity (Wildman–Crippen MR) is 131 cm³/mol. The number of hydrogen-bond acceptors (Lipinski definition) is 6. The van der Waals surface area contributed by atoms with E-state index >= 15 is 0 Å². The van der Waals surface area contributed by atoms with Gasteiger partial charge in [0.05, 0.1) is 20.2 Å². The van der Waals surface area contributed by atoms with E-state index in [1.807, 2.05) is 39.0 Å². The molecule has 2 heterocycles. The fourth-order valence-corrected chi connectivity index (χ4v) is 4.55. The molecule has 3 rings (SSSR count). The standard InChI is InChI=1S/C24H32N4O5S/c1-6-14-8-7-9-15-11-27(13-17(14)15)23(31)33-16-10-18(21(30)32-5)28(12-16)20(29)19(24(2,3)4)26-22(25)34/h6-9,16,18-19H,1,10-13H2,2-5H3,(H3,25,26,34)/t16-,18+,19-/m1/s1. The average Bonchev–Trinajstić information content (AvgIpc) is 3.40. The molecular weight excluding hydrogens is 456 g/mol. The van der Waals surface area contributed by atoms with Gasteiger partial charge in [0.25, 0.3) is 0 Å². The Kier molecular flexibility index (Phi) is 7.50. The zero-order valence-corrected chi connectivity index (χ0v) is 20.8. The van der Waals surface area contributed by atoms with Crippen molar-refractivity contribution in [3.63, 3.8) is 0 Å². The van der Waals surface area contributed by atoms with Gasteiger partial charge in [0, 0.05) is 13.0 Å². The number of fused-ring (bicyclic) bond motifs is 1. The molecule has 2 amide bonds. The second-order valence-electron chi connectivity index (χ2n) is 9.62. The van der Waals surface area contributed by atoms with Crippen LogP contribution in [0.5, 0.6) is 0 Å². The van der Waals surface area contributed by atoms with E-state index in [1.165, 1.54) is 12.0 Å². The molecule has 1 aromatic rings. The molecule has 184 valence electrons. The highest BCUT2D eigenvalue weighted by atomic mass is 32.1. The van der Waals surface area contributed by atoms with Crippen molar-refractivity contribution in [2.24, 2.45) is 11.1 Å². The summed E-state index contributed by atoms with van der Waals surface area (Å²) in [6.45, 7) is 10.3. The predicted octanol–water partition coefficient (Wildman–Crippen LogP) is 2.17. The number of methoxy groups -OCH3 is 1. The van der Waals surface area contributed by atoms with Crippen molar-refractivity contribution in [3.8, 4) is 0 Å². The molecule has 1 aromatic carbocycles. The van der Waals surface area contributed by atoms with Crippen molar-refractivity contribution in [2.45, 2.75) is 58.5 Å². The van der Waals surface area contributed by atoms with Crippen LogP contribution in [0.1, 0.15) is 43.9 Å². The normalized spacial score (nSPS) is 20.4. The molecule has 3 atom stereocenters. The fourth-order valence-electron chi connectivity index (χ4n) is 4.43. The van der Waals surface area contributed by atoms with Gasteiger partial charge >= 0.3 is 12.1 Å². The molecule has 0 aromatic heterocycles. The van der Waals surface area contributed by atoms with Gasteiger partial charge in [0.15, 0.2) is 5.11 Å². The Morgan fingerprint density at radius 1 is 1.29 bits per heavy atom. The second kappa shape index (κ2) is 10.0. The van der Waals surface area contributed by atoms with Gasteiger partial charge in [0.2, 0.25) is 5.91 Å². The number of thiocarbonyl (C=S) groups is 1. The first-order valence-corrected chi connectivity index (χ1v) is 11.5. The van der Waals surface area contributed by atoms with E-state index in [9.17, 15) is 14.4 Å². The number of rotatable bonds is 5. The van der Waals surface area contributed by atoms with E-state index in [-0.39, 0.29) is 24.0 Å². The Morgan fingerprint density at radius 2 is 2.00 bits per heavy atom. The summed E-state index contributed by atoms with van der Waals surface area (Å²) in [6.07, 6.45) is 0.755. The van der Waals surface area contributed by atoms with Crippen LogP contribution in [0.3, 0.4) is 0 Å². The number of ether oxygens (including phenoxy) is 2. The van der Waals surface area contributed by atoms with Crippen molar-refractivity contribution in [1.29, 1.82) is 0 Å². The first kappa shape index (κ1) is 25.5. The average molecular weight is 489 g/mol. The molecule has 0 aliphatic carbocycles. The minimum Gasteiger partial charge on any atom is -0.467 e. The van der Waals surface area contributed by atoms with Crippen molar-refractivity contribution in [2.75, 3.05) is 13.7 Å². The SMILES string of the molecule is C=Cc1cccc2c1CN(C(=O)O[C@@H]1C[C@@H](C(=O)OC)N(C(=O)[C@@H](NC(N)=S)C(C)(C)C)C1)C2. The molecule has 9 nitrogen and oxygen atoms in total. The molecule has 2 aliphatic rings. The van der Waals surface area contributed by atoms with Gasteiger partial charge in [-0.05, 0) is 34.3 Å². The highest BCUT2D eigenvalue weighted by Gasteiger charge is 2.46. The zero-order valence-electron chi connectivity index (χ0n) is 20.0. The monoisotopic (exact) mass is 488 g/mol. The fraction of sp³-hybridized carbons (Fsp3) is 0.500. The van der Waals surface area contributed by atoms with E-state index in [2.05, 4.69) is 11.9 Å². The van der Waals surface area contributed by atoms with Gasteiger partial charge in [-0.25, -0.2) is 9.59 Å². The van der Waals surface area contributed by atoms with E-state index in [4.69, 9.17) is 27.4 Å². The molecule has 10 heteroatoms. The second-order valence-corrected chi connectivity index (χ2v) is 10.1. The quantitative estimate of drug-likeness (QED) is 0.479.